The Labute approximate surface area is 141 Å². The van der Waals surface area contributed by atoms with Gasteiger partial charge in [-0.25, -0.2) is 4.98 Å². The molecule has 1 heterocycles. The number of phenolic OH excluding ortho intramolecular Hbond substituents is 1. The molecule has 130 valence electrons. The minimum atomic E-state index is -0.454. The van der Waals surface area contributed by atoms with Crippen LogP contribution in [0.15, 0.2) is 34.9 Å². The molecule has 1 aromatic heterocycles. The van der Waals surface area contributed by atoms with Gasteiger partial charge in [0.1, 0.15) is 12.0 Å². The summed E-state index contributed by atoms with van der Waals surface area (Å²) in [5.41, 5.74) is 7.26. The quantitative estimate of drug-likeness (QED) is 0.630. The number of amides is 1. The van der Waals surface area contributed by atoms with E-state index >= 15 is 0 Å². The largest absolute Gasteiger partial charge is 0.508 e. The minimum absolute atomic E-state index is 0.205. The van der Waals surface area contributed by atoms with Crippen LogP contribution in [0.4, 0.5) is 0 Å². The van der Waals surface area contributed by atoms with Crippen molar-refractivity contribution in [2.45, 2.75) is 18.9 Å². The van der Waals surface area contributed by atoms with Crippen LogP contribution >= 0.6 is 0 Å². The zero-order valence-electron chi connectivity index (χ0n) is 14.0. The first-order valence-corrected chi connectivity index (χ1v) is 7.87. The van der Waals surface area contributed by atoms with Crippen molar-refractivity contribution >= 4 is 5.91 Å². The average molecular weight is 332 g/mol. The first kappa shape index (κ1) is 18.0. The summed E-state index contributed by atoms with van der Waals surface area (Å²) in [6.45, 7) is 1.49. The number of nitrogens with zero attached hydrogens (tertiary/aromatic N) is 2. The van der Waals surface area contributed by atoms with Crippen molar-refractivity contribution in [2.75, 3.05) is 27.2 Å². The molecule has 4 N–H and O–H groups in total. The van der Waals surface area contributed by atoms with Crippen molar-refractivity contribution in [1.29, 1.82) is 0 Å². The summed E-state index contributed by atoms with van der Waals surface area (Å²) >= 11 is 0. The Morgan fingerprint density at radius 3 is 2.75 bits per heavy atom. The summed E-state index contributed by atoms with van der Waals surface area (Å²) in [7, 11) is 3.97. The number of rotatable bonds is 8. The maximum atomic E-state index is 12.0. The van der Waals surface area contributed by atoms with Gasteiger partial charge in [-0.05, 0) is 51.2 Å². The number of carbonyl (C=O) groups excluding carboxylic acids is 1. The summed E-state index contributed by atoms with van der Waals surface area (Å²) in [6.07, 6.45) is 2.70. The smallest absolute Gasteiger partial charge is 0.273 e. The fraction of sp³-hybridized carbons (Fsp3) is 0.412. The second kappa shape index (κ2) is 8.47. The Morgan fingerprint density at radius 1 is 1.38 bits per heavy atom. The molecular formula is C17H24N4O3. The van der Waals surface area contributed by atoms with Gasteiger partial charge < -0.3 is 25.5 Å². The van der Waals surface area contributed by atoms with Crippen molar-refractivity contribution in [3.63, 3.8) is 0 Å². The van der Waals surface area contributed by atoms with Crippen molar-refractivity contribution in [2.24, 2.45) is 5.73 Å². The van der Waals surface area contributed by atoms with E-state index in [0.29, 0.717) is 18.9 Å². The molecule has 7 nitrogen and oxygen atoms in total. The zero-order valence-corrected chi connectivity index (χ0v) is 14.0. The van der Waals surface area contributed by atoms with Crippen molar-refractivity contribution in [3.8, 4) is 5.75 Å². The van der Waals surface area contributed by atoms with E-state index in [4.69, 9.17) is 10.2 Å². The first-order chi connectivity index (χ1) is 11.5. The predicted molar refractivity (Wildman–Crippen MR) is 90.7 cm³/mol. The molecule has 1 amide bonds. The van der Waals surface area contributed by atoms with Gasteiger partial charge in [0, 0.05) is 6.54 Å². The fourth-order valence-corrected chi connectivity index (χ4v) is 2.22. The maximum Gasteiger partial charge on any atom is 0.273 e. The zero-order chi connectivity index (χ0) is 17.5. The number of benzene rings is 1. The molecule has 0 saturated carbocycles. The highest BCUT2D eigenvalue weighted by Crippen LogP contribution is 2.17. The lowest BCUT2D eigenvalue weighted by Crippen LogP contribution is -2.27. The molecule has 0 saturated heterocycles. The summed E-state index contributed by atoms with van der Waals surface area (Å²) in [4.78, 5) is 18.2. The van der Waals surface area contributed by atoms with Crippen LogP contribution in [0.3, 0.4) is 0 Å². The number of phenols is 1. The fourth-order valence-electron chi connectivity index (χ4n) is 2.22. The normalized spacial score (nSPS) is 12.3. The molecule has 1 aromatic carbocycles. The molecule has 24 heavy (non-hydrogen) atoms. The molecule has 0 aliphatic rings. The number of nitrogens with one attached hydrogen (secondary N) is 1. The van der Waals surface area contributed by atoms with E-state index in [2.05, 4.69) is 15.2 Å². The summed E-state index contributed by atoms with van der Waals surface area (Å²) in [5.74, 6) is 0.263. The van der Waals surface area contributed by atoms with Gasteiger partial charge >= 0.3 is 0 Å². The lowest BCUT2D eigenvalue weighted by Gasteiger charge is -2.09. The highest BCUT2D eigenvalue weighted by Gasteiger charge is 2.17. The van der Waals surface area contributed by atoms with Gasteiger partial charge in [0.05, 0.1) is 6.04 Å². The maximum absolute atomic E-state index is 12.0. The van der Waals surface area contributed by atoms with Crippen molar-refractivity contribution in [1.82, 2.24) is 15.2 Å². The van der Waals surface area contributed by atoms with Gasteiger partial charge in [0.2, 0.25) is 5.89 Å². The van der Waals surface area contributed by atoms with E-state index in [1.807, 2.05) is 14.1 Å². The third-order valence-electron chi connectivity index (χ3n) is 3.53. The molecule has 0 fully saturated rings. The first-order valence-electron chi connectivity index (χ1n) is 7.87. The SMILES string of the molecule is CN(C)CCCNC(=O)c1coc(C(N)Cc2ccc(O)cc2)n1. The third-order valence-corrected chi connectivity index (χ3v) is 3.53. The van der Waals surface area contributed by atoms with E-state index < -0.39 is 6.04 Å². The Hall–Kier alpha value is -2.38. The van der Waals surface area contributed by atoms with Crippen LogP contribution in [0.25, 0.3) is 0 Å². The average Bonchev–Trinajstić information content (AvgIpc) is 3.03. The van der Waals surface area contributed by atoms with Crippen LogP contribution in [-0.4, -0.2) is 48.1 Å². The number of nitrogens with two attached hydrogens (primary N) is 1. The lowest BCUT2D eigenvalue weighted by atomic mass is 10.1. The second-order valence-corrected chi connectivity index (χ2v) is 5.96. The van der Waals surface area contributed by atoms with Crippen LogP contribution in [0.1, 0.15) is 34.4 Å². The van der Waals surface area contributed by atoms with Crippen LogP contribution < -0.4 is 11.1 Å². The Bertz CT molecular complexity index is 652. The topological polar surface area (TPSA) is 105 Å². The summed E-state index contributed by atoms with van der Waals surface area (Å²) in [5, 5.41) is 12.1. The lowest BCUT2D eigenvalue weighted by molar-refractivity contribution is 0.0947. The number of hydrogen-bond donors (Lipinski definition) is 3. The molecule has 2 rings (SSSR count). The van der Waals surface area contributed by atoms with E-state index in [-0.39, 0.29) is 17.4 Å². The van der Waals surface area contributed by atoms with Crippen LogP contribution in [-0.2, 0) is 6.42 Å². The van der Waals surface area contributed by atoms with Gasteiger partial charge in [-0.15, -0.1) is 0 Å². The number of aromatic nitrogens is 1. The molecule has 2 aromatic rings. The molecule has 1 atom stereocenters. The number of aromatic hydroxyl groups is 1. The van der Waals surface area contributed by atoms with E-state index in [9.17, 15) is 9.90 Å². The Balaban J connectivity index is 1.87. The third kappa shape index (κ3) is 5.36. The van der Waals surface area contributed by atoms with E-state index in [1.165, 1.54) is 6.26 Å². The summed E-state index contributed by atoms with van der Waals surface area (Å²) in [6, 6.07) is 6.33. The molecular weight excluding hydrogens is 308 g/mol. The van der Waals surface area contributed by atoms with Crippen molar-refractivity contribution in [3.05, 3.63) is 47.7 Å². The molecule has 0 radical (unpaired) electrons. The minimum Gasteiger partial charge on any atom is -0.508 e. The highest BCUT2D eigenvalue weighted by molar-refractivity contribution is 5.91. The van der Waals surface area contributed by atoms with Crippen LogP contribution in [0.2, 0.25) is 0 Å². The van der Waals surface area contributed by atoms with Crippen LogP contribution in [0, 0.1) is 0 Å². The standard InChI is InChI=1S/C17H24N4O3/c1-21(2)9-3-8-19-16(23)15-11-24-17(20-15)14(18)10-12-4-6-13(22)7-5-12/h4-7,11,14,22H,3,8-10,18H2,1-2H3,(H,19,23). The number of oxazole rings is 1. The molecule has 1 unspecified atom stereocenters. The Morgan fingerprint density at radius 2 is 2.08 bits per heavy atom. The van der Waals surface area contributed by atoms with Crippen molar-refractivity contribution < 1.29 is 14.3 Å². The van der Waals surface area contributed by atoms with E-state index in [1.54, 1.807) is 24.3 Å². The van der Waals surface area contributed by atoms with Gasteiger partial charge in [0.25, 0.3) is 5.91 Å². The van der Waals surface area contributed by atoms with Gasteiger partial charge in [-0.2, -0.15) is 0 Å². The monoisotopic (exact) mass is 332 g/mol. The molecule has 0 aliphatic heterocycles. The molecule has 0 aliphatic carbocycles. The molecule has 0 bridgehead atoms. The Kier molecular flexibility index (Phi) is 6.34. The highest BCUT2D eigenvalue weighted by atomic mass is 16.3. The van der Waals surface area contributed by atoms with Gasteiger partial charge in [-0.1, -0.05) is 12.1 Å². The number of carbonyl (C=O) groups is 1. The molecule has 0 spiro atoms. The van der Waals surface area contributed by atoms with Gasteiger partial charge in [-0.3, -0.25) is 4.79 Å². The summed E-state index contributed by atoms with van der Waals surface area (Å²) < 4.78 is 5.33. The number of hydrogen-bond acceptors (Lipinski definition) is 6. The van der Waals surface area contributed by atoms with Crippen LogP contribution in [0.5, 0.6) is 5.75 Å². The van der Waals surface area contributed by atoms with E-state index in [0.717, 1.165) is 18.5 Å². The predicted octanol–water partition coefficient (Wildman–Crippen LogP) is 1.30. The second-order valence-electron chi connectivity index (χ2n) is 5.96. The molecule has 7 heteroatoms. The van der Waals surface area contributed by atoms with Gasteiger partial charge in [0.15, 0.2) is 5.69 Å².